The highest BCUT2D eigenvalue weighted by atomic mass is 32.1. The van der Waals surface area contributed by atoms with Crippen LogP contribution in [0, 0.1) is 0 Å². The normalized spacial score (nSPS) is 12.6. The van der Waals surface area contributed by atoms with Crippen LogP contribution >= 0.6 is 11.3 Å². The molecule has 0 spiro atoms. The molecule has 108 valence electrons. The highest BCUT2D eigenvalue weighted by molar-refractivity contribution is 7.16. The van der Waals surface area contributed by atoms with E-state index in [9.17, 15) is 9.90 Å². The molecule has 0 aliphatic carbocycles. The molecule has 3 aromatic rings. The van der Waals surface area contributed by atoms with Crippen molar-refractivity contribution in [1.82, 2.24) is 4.98 Å². The van der Waals surface area contributed by atoms with Crippen molar-refractivity contribution in [3.8, 4) is 5.75 Å². The molecular formula is C16H16N2O2S. The first-order valence-electron chi connectivity index (χ1n) is 6.73. The molecule has 21 heavy (non-hydrogen) atoms. The maximum absolute atomic E-state index is 11.5. The third kappa shape index (κ3) is 2.64. The molecule has 0 aliphatic heterocycles. The van der Waals surface area contributed by atoms with Gasteiger partial charge in [-0.1, -0.05) is 36.5 Å². The van der Waals surface area contributed by atoms with Crippen LogP contribution in [0.25, 0.3) is 10.2 Å². The van der Waals surface area contributed by atoms with Gasteiger partial charge in [0.1, 0.15) is 11.3 Å². The van der Waals surface area contributed by atoms with E-state index in [-0.39, 0.29) is 16.5 Å². The zero-order valence-corrected chi connectivity index (χ0v) is 12.4. The summed E-state index contributed by atoms with van der Waals surface area (Å²) >= 11 is 1.14. The Morgan fingerprint density at radius 3 is 2.67 bits per heavy atom. The topological polar surface area (TPSA) is 79.1 Å². The zero-order chi connectivity index (χ0) is 15.0. The predicted molar refractivity (Wildman–Crippen MR) is 87.1 cm³/mol. The molecule has 0 radical (unpaired) electrons. The van der Waals surface area contributed by atoms with E-state index >= 15 is 0 Å². The number of phenolic OH excluding ortho intramolecular Hbond substituents is 1. The van der Waals surface area contributed by atoms with Gasteiger partial charge in [0.15, 0.2) is 0 Å². The molecule has 0 amide bonds. The van der Waals surface area contributed by atoms with Crippen LogP contribution in [0.1, 0.15) is 24.0 Å². The number of aromatic hydroxyl groups is 1. The molecule has 1 atom stereocenters. The third-order valence-corrected chi connectivity index (χ3v) is 4.57. The first-order valence-corrected chi connectivity index (χ1v) is 7.55. The van der Waals surface area contributed by atoms with E-state index in [1.165, 1.54) is 5.56 Å². The Morgan fingerprint density at radius 1 is 1.24 bits per heavy atom. The van der Waals surface area contributed by atoms with Gasteiger partial charge in [-0.2, -0.15) is 0 Å². The monoisotopic (exact) mass is 300 g/mol. The molecule has 1 aromatic heterocycles. The zero-order valence-electron chi connectivity index (χ0n) is 11.6. The third-order valence-electron chi connectivity index (χ3n) is 3.64. The number of benzene rings is 2. The van der Waals surface area contributed by atoms with Crippen molar-refractivity contribution in [2.45, 2.75) is 19.3 Å². The smallest absolute Gasteiger partial charge is 0.305 e. The first kappa shape index (κ1) is 13.7. The average molecular weight is 300 g/mol. The molecule has 5 heteroatoms. The number of fused-ring (bicyclic) bond motifs is 1. The van der Waals surface area contributed by atoms with Gasteiger partial charge in [0.05, 0.1) is 4.70 Å². The van der Waals surface area contributed by atoms with Crippen LogP contribution in [0.3, 0.4) is 0 Å². The molecule has 1 unspecified atom stereocenters. The summed E-state index contributed by atoms with van der Waals surface area (Å²) in [6, 6.07) is 11.3. The fourth-order valence-electron chi connectivity index (χ4n) is 2.54. The van der Waals surface area contributed by atoms with Crippen molar-refractivity contribution in [3.63, 3.8) is 0 Å². The number of hydrogen-bond acceptors (Lipinski definition) is 4. The summed E-state index contributed by atoms with van der Waals surface area (Å²) < 4.78 is 0.836. The van der Waals surface area contributed by atoms with Gasteiger partial charge < -0.3 is 15.8 Å². The largest absolute Gasteiger partial charge is 0.506 e. The van der Waals surface area contributed by atoms with E-state index in [0.717, 1.165) is 33.7 Å². The van der Waals surface area contributed by atoms with Gasteiger partial charge >= 0.3 is 4.87 Å². The van der Waals surface area contributed by atoms with Crippen molar-refractivity contribution >= 4 is 27.2 Å². The van der Waals surface area contributed by atoms with Crippen molar-refractivity contribution in [2.75, 3.05) is 5.73 Å². The summed E-state index contributed by atoms with van der Waals surface area (Å²) in [5.74, 6) is 0.356. The molecule has 3 rings (SSSR count). The number of aromatic amines is 1. The summed E-state index contributed by atoms with van der Waals surface area (Å²) in [6.07, 6.45) is 0.853. The number of nitrogens with two attached hydrogens (primary N) is 1. The standard InChI is InChI=1S/C16H16N2O2S/c1-9(8-10-2-4-11(17)5-3-10)12-6-7-13(19)14-15(12)21-16(20)18-14/h2-7,9,19H,8,17H2,1H3,(H,18,20). The highest BCUT2D eigenvalue weighted by Crippen LogP contribution is 2.33. The van der Waals surface area contributed by atoms with Gasteiger partial charge in [0.25, 0.3) is 0 Å². The van der Waals surface area contributed by atoms with Gasteiger partial charge in [-0.15, -0.1) is 0 Å². The summed E-state index contributed by atoms with van der Waals surface area (Å²) in [6.45, 7) is 2.12. The molecule has 2 aromatic carbocycles. The van der Waals surface area contributed by atoms with Crippen LogP contribution in [0.5, 0.6) is 5.75 Å². The molecular weight excluding hydrogens is 284 g/mol. The number of aromatic nitrogens is 1. The number of H-pyrrole nitrogens is 1. The Balaban J connectivity index is 1.98. The van der Waals surface area contributed by atoms with Crippen LogP contribution in [0.2, 0.25) is 0 Å². The number of anilines is 1. The molecule has 0 fully saturated rings. The molecule has 4 nitrogen and oxygen atoms in total. The lowest BCUT2D eigenvalue weighted by Crippen LogP contribution is -1.99. The molecule has 0 saturated carbocycles. The summed E-state index contributed by atoms with van der Waals surface area (Å²) in [5.41, 5.74) is 9.25. The van der Waals surface area contributed by atoms with Crippen LogP contribution in [0.15, 0.2) is 41.2 Å². The van der Waals surface area contributed by atoms with Crippen LogP contribution in [0.4, 0.5) is 5.69 Å². The average Bonchev–Trinajstić information content (AvgIpc) is 2.84. The van der Waals surface area contributed by atoms with E-state index in [2.05, 4.69) is 11.9 Å². The number of phenols is 1. The second kappa shape index (κ2) is 5.26. The van der Waals surface area contributed by atoms with Gasteiger partial charge in [-0.05, 0) is 41.7 Å². The molecule has 4 N–H and O–H groups in total. The summed E-state index contributed by atoms with van der Waals surface area (Å²) in [5, 5.41) is 9.83. The van der Waals surface area contributed by atoms with Gasteiger partial charge in [-0.3, -0.25) is 4.79 Å². The van der Waals surface area contributed by atoms with Gasteiger partial charge in [0.2, 0.25) is 0 Å². The molecule has 0 aliphatic rings. The highest BCUT2D eigenvalue weighted by Gasteiger charge is 2.15. The minimum Gasteiger partial charge on any atom is -0.506 e. The van der Waals surface area contributed by atoms with Gasteiger partial charge in [0, 0.05) is 5.69 Å². The Hall–Kier alpha value is -2.27. The van der Waals surface area contributed by atoms with Crippen molar-refractivity contribution in [2.24, 2.45) is 0 Å². The Bertz CT molecular complexity index is 834. The minimum atomic E-state index is -0.146. The van der Waals surface area contributed by atoms with E-state index < -0.39 is 0 Å². The number of nitrogens with one attached hydrogen (secondary N) is 1. The Labute approximate surface area is 125 Å². The molecule has 1 heterocycles. The Kier molecular flexibility index (Phi) is 3.43. The van der Waals surface area contributed by atoms with Crippen LogP contribution in [-0.4, -0.2) is 10.1 Å². The second-order valence-corrected chi connectivity index (χ2v) is 6.22. The lowest BCUT2D eigenvalue weighted by molar-refractivity contribution is 0.480. The van der Waals surface area contributed by atoms with Crippen LogP contribution in [-0.2, 0) is 6.42 Å². The maximum Gasteiger partial charge on any atom is 0.305 e. The van der Waals surface area contributed by atoms with E-state index in [4.69, 9.17) is 5.73 Å². The second-order valence-electron chi connectivity index (χ2n) is 5.24. The fourth-order valence-corrected chi connectivity index (χ4v) is 3.53. The molecule has 0 bridgehead atoms. The van der Waals surface area contributed by atoms with Gasteiger partial charge in [-0.25, -0.2) is 0 Å². The molecule has 0 saturated heterocycles. The minimum absolute atomic E-state index is 0.117. The number of nitrogen functional groups attached to an aromatic ring is 1. The summed E-state index contributed by atoms with van der Waals surface area (Å²) in [4.78, 5) is 14.1. The first-order chi connectivity index (χ1) is 10.0. The predicted octanol–water partition coefficient (Wildman–Crippen LogP) is 3.22. The van der Waals surface area contributed by atoms with E-state index in [0.29, 0.717) is 5.52 Å². The lowest BCUT2D eigenvalue weighted by Gasteiger charge is -2.13. The number of rotatable bonds is 3. The van der Waals surface area contributed by atoms with E-state index in [1.54, 1.807) is 6.07 Å². The van der Waals surface area contributed by atoms with E-state index in [1.807, 2.05) is 30.3 Å². The SMILES string of the molecule is CC(Cc1ccc(N)cc1)c1ccc(O)c2[nH]c(=O)sc12. The van der Waals surface area contributed by atoms with Crippen molar-refractivity contribution in [1.29, 1.82) is 0 Å². The summed E-state index contributed by atoms with van der Waals surface area (Å²) in [7, 11) is 0. The van der Waals surface area contributed by atoms with Crippen molar-refractivity contribution in [3.05, 3.63) is 57.2 Å². The Morgan fingerprint density at radius 2 is 1.95 bits per heavy atom. The quantitative estimate of drug-likeness (QED) is 0.650. The fraction of sp³-hybridized carbons (Fsp3) is 0.188. The number of hydrogen-bond donors (Lipinski definition) is 3. The number of thiazole rings is 1. The van der Waals surface area contributed by atoms with Crippen molar-refractivity contribution < 1.29 is 5.11 Å². The van der Waals surface area contributed by atoms with Crippen LogP contribution < -0.4 is 10.6 Å². The maximum atomic E-state index is 11.5. The lowest BCUT2D eigenvalue weighted by atomic mass is 9.93.